The summed E-state index contributed by atoms with van der Waals surface area (Å²) in [5.74, 6) is -4.64. The average molecular weight is 480 g/mol. The Hall–Kier alpha value is -3.62. The molecule has 34 heavy (non-hydrogen) atoms. The Balaban J connectivity index is 1.64. The van der Waals surface area contributed by atoms with Gasteiger partial charge < -0.3 is 55.1 Å². The number of carboxylic acids is 1. The largest absolute Gasteiger partial charge is 0.508 e. The number of carbonyl (C=O) groups excluding carboxylic acids is 1. The van der Waals surface area contributed by atoms with Crippen LogP contribution in [0.15, 0.2) is 30.3 Å². The number of hydrogen-bond acceptors (Lipinski definition) is 12. The van der Waals surface area contributed by atoms with Gasteiger partial charge in [-0.15, -0.1) is 0 Å². The number of phenolic OH excluding ortho intramolecular Hbond substituents is 3. The molecule has 0 aromatic heterocycles. The van der Waals surface area contributed by atoms with Crippen LogP contribution in [0.2, 0.25) is 0 Å². The van der Waals surface area contributed by atoms with E-state index in [1.54, 1.807) is 0 Å². The summed E-state index contributed by atoms with van der Waals surface area (Å²) in [7, 11) is 0. The van der Waals surface area contributed by atoms with E-state index in [4.69, 9.17) is 19.3 Å². The molecule has 1 fully saturated rings. The fraction of sp³-hybridized carbons (Fsp3) is 0.333. The van der Waals surface area contributed by atoms with Crippen molar-refractivity contribution in [1.82, 2.24) is 0 Å². The van der Waals surface area contributed by atoms with E-state index in [9.17, 15) is 45.3 Å². The number of aromatic hydroxyl groups is 3. The van der Waals surface area contributed by atoms with Gasteiger partial charge in [0.15, 0.2) is 29.8 Å². The third-order valence-electron chi connectivity index (χ3n) is 5.49. The van der Waals surface area contributed by atoms with Crippen LogP contribution in [0.1, 0.15) is 22.0 Å². The lowest BCUT2D eigenvalue weighted by Crippen LogP contribution is -2.61. The first-order chi connectivity index (χ1) is 16.0. The fourth-order valence-corrected chi connectivity index (χ4v) is 3.74. The molecule has 0 aliphatic carbocycles. The summed E-state index contributed by atoms with van der Waals surface area (Å²) in [6.45, 7) is 0. The molecule has 2 aliphatic rings. The Kier molecular flexibility index (Phi) is 5.97. The molecule has 0 bridgehead atoms. The maximum atomic E-state index is 12.6. The Bertz CT molecular complexity index is 1130. The predicted molar refractivity (Wildman–Crippen MR) is 107 cm³/mol. The normalized spacial score (nSPS) is 30.8. The zero-order valence-electron chi connectivity index (χ0n) is 17.0. The van der Waals surface area contributed by atoms with Crippen LogP contribution in [-0.2, 0) is 9.53 Å². The van der Waals surface area contributed by atoms with Gasteiger partial charge in [-0.05, 0) is 17.7 Å². The number of ether oxygens (including phenoxy) is 3. The lowest BCUT2D eigenvalue weighted by molar-refractivity contribution is -0.271. The topological polar surface area (TPSA) is 224 Å². The lowest BCUT2D eigenvalue weighted by Gasteiger charge is -2.38. The van der Waals surface area contributed by atoms with Gasteiger partial charge in [-0.3, -0.25) is 4.79 Å². The molecule has 4 rings (SSSR count). The summed E-state index contributed by atoms with van der Waals surface area (Å²) < 4.78 is 15.9. The third-order valence-corrected chi connectivity index (χ3v) is 5.49. The van der Waals surface area contributed by atoms with Crippen molar-refractivity contribution in [1.29, 1.82) is 0 Å². The third kappa shape index (κ3) is 3.95. The minimum atomic E-state index is -1.95. The lowest BCUT2D eigenvalue weighted by atomic mass is 9.92. The Morgan fingerprint density at radius 1 is 0.912 bits per heavy atom. The van der Waals surface area contributed by atoms with Gasteiger partial charge in [0.05, 0.1) is 0 Å². The van der Waals surface area contributed by atoms with Crippen LogP contribution in [0.5, 0.6) is 28.7 Å². The highest BCUT2D eigenvalue weighted by atomic mass is 16.7. The van der Waals surface area contributed by atoms with Gasteiger partial charge in [-0.2, -0.15) is 0 Å². The van der Waals surface area contributed by atoms with E-state index in [1.807, 2.05) is 0 Å². The second kappa shape index (κ2) is 8.62. The van der Waals surface area contributed by atoms with Gasteiger partial charge in [-0.1, -0.05) is 6.07 Å². The van der Waals surface area contributed by atoms with Crippen molar-refractivity contribution < 1.29 is 64.7 Å². The first-order valence-corrected chi connectivity index (χ1v) is 9.86. The molecule has 8 N–H and O–H groups in total. The van der Waals surface area contributed by atoms with Crippen molar-refractivity contribution in [3.8, 4) is 28.7 Å². The van der Waals surface area contributed by atoms with Crippen molar-refractivity contribution >= 4 is 11.8 Å². The van der Waals surface area contributed by atoms with Crippen LogP contribution < -0.4 is 9.47 Å². The zero-order chi connectivity index (χ0) is 24.9. The number of phenols is 3. The van der Waals surface area contributed by atoms with Gasteiger partial charge in [0.1, 0.15) is 41.1 Å². The molecule has 2 heterocycles. The van der Waals surface area contributed by atoms with Crippen molar-refractivity contribution in [3.05, 3.63) is 41.5 Å². The van der Waals surface area contributed by atoms with Crippen LogP contribution in [0.3, 0.4) is 0 Å². The average Bonchev–Trinajstić information content (AvgIpc) is 2.77. The molecule has 7 atom stereocenters. The van der Waals surface area contributed by atoms with Gasteiger partial charge in [0, 0.05) is 12.1 Å². The molecular weight excluding hydrogens is 460 g/mol. The molecule has 1 saturated heterocycles. The van der Waals surface area contributed by atoms with E-state index in [0.29, 0.717) is 0 Å². The number of fused-ring (bicyclic) bond motifs is 1. The number of carboxylic acid groups (broad SMARTS) is 1. The molecule has 0 spiro atoms. The molecule has 7 unspecified atom stereocenters. The standard InChI is InChI=1S/C21H20O13/c22-7-4-9(24)12-11(5-7)32-18(15(27)13(12)25)6-1-2-8(23)10(3-6)33-21-17(29)14(26)16(28)19(34-21)20(30)31/h1-5,14-19,21-24,26-29H,(H,30,31). The fourth-order valence-electron chi connectivity index (χ4n) is 3.74. The number of ketones is 1. The summed E-state index contributed by atoms with van der Waals surface area (Å²) in [6, 6.07) is 5.44. The van der Waals surface area contributed by atoms with E-state index in [2.05, 4.69) is 0 Å². The highest BCUT2D eigenvalue weighted by molar-refractivity contribution is 6.05. The van der Waals surface area contributed by atoms with Crippen molar-refractivity contribution in [3.63, 3.8) is 0 Å². The summed E-state index contributed by atoms with van der Waals surface area (Å²) in [6.07, 6.45) is -12.7. The molecule has 0 radical (unpaired) electrons. The minimum Gasteiger partial charge on any atom is -0.508 e. The van der Waals surface area contributed by atoms with Crippen molar-refractivity contribution in [2.75, 3.05) is 0 Å². The SMILES string of the molecule is O=C1c2c(O)cc(O)cc2OC(c2ccc(O)c(OC3OC(C(=O)O)C(O)C(O)C3O)c2)C1O. The number of benzene rings is 2. The molecule has 0 saturated carbocycles. The van der Waals surface area contributed by atoms with Crippen LogP contribution in [0, 0.1) is 0 Å². The van der Waals surface area contributed by atoms with Gasteiger partial charge in [0.25, 0.3) is 0 Å². The smallest absolute Gasteiger partial charge is 0.335 e. The maximum absolute atomic E-state index is 12.6. The summed E-state index contributed by atoms with van der Waals surface area (Å²) >= 11 is 0. The number of aliphatic hydroxyl groups is 4. The summed E-state index contributed by atoms with van der Waals surface area (Å²) in [5.41, 5.74) is -0.259. The number of aliphatic hydroxyl groups excluding tert-OH is 4. The van der Waals surface area contributed by atoms with Crippen LogP contribution in [0.25, 0.3) is 0 Å². The molecule has 0 amide bonds. The van der Waals surface area contributed by atoms with E-state index < -0.39 is 77.7 Å². The van der Waals surface area contributed by atoms with Crippen molar-refractivity contribution in [2.24, 2.45) is 0 Å². The van der Waals surface area contributed by atoms with Crippen LogP contribution in [-0.4, -0.2) is 89.4 Å². The first-order valence-electron chi connectivity index (χ1n) is 9.86. The van der Waals surface area contributed by atoms with E-state index >= 15 is 0 Å². The second-order valence-electron chi connectivity index (χ2n) is 7.77. The molecule has 2 aromatic rings. The van der Waals surface area contributed by atoms with E-state index in [-0.39, 0.29) is 16.9 Å². The number of hydrogen-bond donors (Lipinski definition) is 8. The highest BCUT2D eigenvalue weighted by Crippen LogP contribution is 2.43. The quantitative estimate of drug-likeness (QED) is 0.256. The molecule has 182 valence electrons. The van der Waals surface area contributed by atoms with Gasteiger partial charge in [0.2, 0.25) is 12.1 Å². The Morgan fingerprint density at radius 2 is 1.62 bits per heavy atom. The van der Waals surface area contributed by atoms with Gasteiger partial charge in [-0.25, -0.2) is 4.79 Å². The first kappa shape index (κ1) is 23.5. The Morgan fingerprint density at radius 3 is 2.29 bits per heavy atom. The predicted octanol–water partition coefficient (Wildman–Crippen LogP) is -1.25. The summed E-state index contributed by atoms with van der Waals surface area (Å²) in [4.78, 5) is 23.9. The highest BCUT2D eigenvalue weighted by Gasteiger charge is 2.48. The number of aliphatic carboxylic acids is 1. The van der Waals surface area contributed by atoms with E-state index in [1.165, 1.54) is 6.07 Å². The van der Waals surface area contributed by atoms with Crippen LogP contribution >= 0.6 is 0 Å². The minimum absolute atomic E-state index is 0.0720. The molecule has 13 heteroatoms. The number of carbonyl (C=O) groups is 2. The van der Waals surface area contributed by atoms with Gasteiger partial charge >= 0.3 is 5.97 Å². The maximum Gasteiger partial charge on any atom is 0.335 e. The molecule has 2 aliphatic heterocycles. The van der Waals surface area contributed by atoms with Crippen LogP contribution in [0.4, 0.5) is 0 Å². The zero-order valence-corrected chi connectivity index (χ0v) is 17.0. The molecular formula is C21H20O13. The summed E-state index contributed by atoms with van der Waals surface area (Å²) in [5, 5.41) is 79.2. The Labute approximate surface area is 190 Å². The molecule has 13 nitrogen and oxygen atoms in total. The number of Topliss-reactive ketones (excluding diaryl/α,β-unsaturated/α-hetero) is 1. The second-order valence-corrected chi connectivity index (χ2v) is 7.77. The number of rotatable bonds is 4. The molecule has 2 aromatic carbocycles. The van der Waals surface area contributed by atoms with Crippen molar-refractivity contribution in [2.45, 2.75) is 42.9 Å². The monoisotopic (exact) mass is 480 g/mol. The van der Waals surface area contributed by atoms with E-state index in [0.717, 1.165) is 24.3 Å².